The summed E-state index contributed by atoms with van der Waals surface area (Å²) in [6.07, 6.45) is 4.10. The Hall–Kier alpha value is -1.29. The van der Waals surface area contributed by atoms with Gasteiger partial charge in [-0.1, -0.05) is 18.2 Å². The molecule has 2 N–H and O–H groups in total. The van der Waals surface area contributed by atoms with Crippen LogP contribution in [0.4, 0.5) is 0 Å². The lowest BCUT2D eigenvalue weighted by Crippen LogP contribution is -2.39. The third-order valence-corrected chi connectivity index (χ3v) is 2.91. The van der Waals surface area contributed by atoms with Crippen molar-refractivity contribution in [1.29, 1.82) is 0 Å². The van der Waals surface area contributed by atoms with Crippen LogP contribution in [0.25, 0.3) is 0 Å². The molecule has 0 saturated carbocycles. The molecule has 0 aromatic rings. The van der Waals surface area contributed by atoms with Crippen molar-refractivity contribution >= 4 is 23.5 Å². The highest BCUT2D eigenvalue weighted by Gasteiger charge is 2.43. The Morgan fingerprint density at radius 1 is 1.50 bits per heavy atom. The van der Waals surface area contributed by atoms with Crippen molar-refractivity contribution in [1.82, 2.24) is 0 Å². The number of hydrogen-bond donors (Lipinski definition) is 2. The third-order valence-electron chi connectivity index (χ3n) is 2.23. The van der Waals surface area contributed by atoms with Gasteiger partial charge < -0.3 is 10.2 Å². The highest BCUT2D eigenvalue weighted by atomic mass is 35.5. The third kappa shape index (κ3) is 1.53. The molecule has 1 rings (SSSR count). The number of carboxylic acid groups (broad SMARTS) is 2. The second-order valence-electron chi connectivity index (χ2n) is 3.24. The summed E-state index contributed by atoms with van der Waals surface area (Å²) >= 11 is 5.80. The van der Waals surface area contributed by atoms with Crippen LogP contribution >= 0.6 is 11.6 Å². The smallest absolute Gasteiger partial charge is 0.333 e. The Morgan fingerprint density at radius 3 is 2.50 bits per heavy atom. The lowest BCUT2D eigenvalue weighted by Gasteiger charge is -2.29. The van der Waals surface area contributed by atoms with E-state index in [1.54, 1.807) is 0 Å². The quantitative estimate of drug-likeness (QED) is 0.682. The van der Waals surface area contributed by atoms with Crippen LogP contribution in [0.15, 0.2) is 23.8 Å². The summed E-state index contributed by atoms with van der Waals surface area (Å²) in [7, 11) is 0. The summed E-state index contributed by atoms with van der Waals surface area (Å²) in [6.45, 7) is 1.39. The second-order valence-corrected chi connectivity index (χ2v) is 3.67. The topological polar surface area (TPSA) is 74.6 Å². The Balaban J connectivity index is 3.11. The average Bonchev–Trinajstić information content (AvgIpc) is 2.09. The molecule has 0 heterocycles. The first-order valence-corrected chi connectivity index (χ1v) is 4.33. The minimum absolute atomic E-state index is 0.0981. The first-order valence-electron chi connectivity index (χ1n) is 3.90. The van der Waals surface area contributed by atoms with Gasteiger partial charge in [0.25, 0.3) is 0 Å². The van der Waals surface area contributed by atoms with E-state index in [0.717, 1.165) is 0 Å². The molecule has 1 aliphatic carbocycles. The number of carboxylic acids is 2. The van der Waals surface area contributed by atoms with E-state index < -0.39 is 22.7 Å². The van der Waals surface area contributed by atoms with Gasteiger partial charge >= 0.3 is 11.9 Å². The normalized spacial score (nSPS) is 31.0. The molecule has 0 fully saturated rings. The highest BCUT2D eigenvalue weighted by Crippen LogP contribution is 2.36. The maximum absolute atomic E-state index is 10.9. The summed E-state index contributed by atoms with van der Waals surface area (Å²) < 4.78 is 0. The Morgan fingerprint density at radius 2 is 2.07 bits per heavy atom. The molecule has 0 amide bonds. The molecule has 0 radical (unpaired) electrons. The lowest BCUT2D eigenvalue weighted by molar-refractivity contribution is -0.145. The van der Waals surface area contributed by atoms with Gasteiger partial charge in [0.1, 0.15) is 5.41 Å². The number of halogens is 1. The van der Waals surface area contributed by atoms with Gasteiger partial charge in [-0.25, -0.2) is 4.79 Å². The van der Waals surface area contributed by atoms with E-state index in [-0.39, 0.29) is 5.57 Å². The molecule has 14 heavy (non-hydrogen) atoms. The summed E-state index contributed by atoms with van der Waals surface area (Å²) in [5.41, 5.74) is -1.46. The van der Waals surface area contributed by atoms with E-state index in [2.05, 4.69) is 0 Å². The van der Waals surface area contributed by atoms with E-state index in [1.165, 1.54) is 25.2 Å². The minimum atomic E-state index is -1.36. The van der Waals surface area contributed by atoms with Crippen molar-refractivity contribution in [2.24, 2.45) is 5.41 Å². The molecular formula is C9H9ClO4. The summed E-state index contributed by atoms with van der Waals surface area (Å²) in [4.78, 5) is 21.6. The van der Waals surface area contributed by atoms with Gasteiger partial charge in [0, 0.05) is 0 Å². The van der Waals surface area contributed by atoms with E-state index in [1.807, 2.05) is 0 Å². The van der Waals surface area contributed by atoms with Crippen LogP contribution in [0.2, 0.25) is 0 Å². The van der Waals surface area contributed by atoms with E-state index in [9.17, 15) is 9.59 Å². The van der Waals surface area contributed by atoms with Crippen molar-refractivity contribution in [2.45, 2.75) is 12.3 Å². The maximum atomic E-state index is 10.9. The molecule has 0 aromatic heterocycles. The molecular weight excluding hydrogens is 208 g/mol. The zero-order valence-corrected chi connectivity index (χ0v) is 8.15. The van der Waals surface area contributed by atoms with Crippen molar-refractivity contribution < 1.29 is 19.8 Å². The van der Waals surface area contributed by atoms with Crippen LogP contribution in [-0.2, 0) is 9.59 Å². The van der Waals surface area contributed by atoms with Crippen molar-refractivity contribution in [3.05, 3.63) is 23.8 Å². The maximum Gasteiger partial charge on any atom is 0.333 e. The van der Waals surface area contributed by atoms with Gasteiger partial charge in [0.2, 0.25) is 0 Å². The molecule has 0 saturated heterocycles. The minimum Gasteiger partial charge on any atom is -0.481 e. The first kappa shape index (κ1) is 10.8. The largest absolute Gasteiger partial charge is 0.481 e. The van der Waals surface area contributed by atoms with Gasteiger partial charge in [-0.3, -0.25) is 4.79 Å². The number of rotatable bonds is 2. The first-order chi connectivity index (χ1) is 6.39. The standard InChI is InChI=1S/C9H9ClO4/c1-9(8(13)14)4-2-3-5(6(9)10)7(11)12/h2-4,6H,1H3,(H,11,12)(H,13,14). The molecule has 4 nitrogen and oxygen atoms in total. The van der Waals surface area contributed by atoms with Gasteiger partial charge in [0.15, 0.2) is 0 Å². The van der Waals surface area contributed by atoms with Crippen LogP contribution in [-0.4, -0.2) is 27.5 Å². The van der Waals surface area contributed by atoms with Gasteiger partial charge in [0.05, 0.1) is 11.0 Å². The number of aliphatic carboxylic acids is 2. The molecule has 76 valence electrons. The molecule has 2 atom stereocenters. The van der Waals surface area contributed by atoms with Crippen LogP contribution in [0.1, 0.15) is 6.92 Å². The summed E-state index contributed by atoms with van der Waals surface area (Å²) in [6, 6.07) is 0. The fourth-order valence-corrected chi connectivity index (χ4v) is 1.54. The molecule has 0 bridgehead atoms. The van der Waals surface area contributed by atoms with E-state index in [4.69, 9.17) is 21.8 Å². The van der Waals surface area contributed by atoms with Crippen molar-refractivity contribution in [2.75, 3.05) is 0 Å². The SMILES string of the molecule is CC1(C(=O)O)C=CC=C(C(=O)O)C1Cl. The van der Waals surface area contributed by atoms with Crippen LogP contribution in [0.3, 0.4) is 0 Å². The Bertz CT molecular complexity index is 345. The fraction of sp³-hybridized carbons (Fsp3) is 0.333. The number of carbonyl (C=O) groups is 2. The number of alkyl halides is 1. The van der Waals surface area contributed by atoms with Gasteiger partial charge in [-0.2, -0.15) is 0 Å². The van der Waals surface area contributed by atoms with E-state index >= 15 is 0 Å². The molecule has 1 aliphatic rings. The van der Waals surface area contributed by atoms with Gasteiger partial charge in [-0.15, -0.1) is 11.6 Å². The monoisotopic (exact) mass is 216 g/mol. The van der Waals surface area contributed by atoms with Crippen molar-refractivity contribution in [3.63, 3.8) is 0 Å². The zero-order valence-electron chi connectivity index (χ0n) is 7.40. The Labute approximate surface area is 85.5 Å². The molecule has 0 aliphatic heterocycles. The number of hydrogen-bond acceptors (Lipinski definition) is 2. The number of allylic oxidation sites excluding steroid dienone is 2. The highest BCUT2D eigenvalue weighted by molar-refractivity contribution is 6.27. The zero-order chi connectivity index (χ0) is 10.9. The molecule has 2 unspecified atom stereocenters. The Kier molecular flexibility index (Phi) is 2.66. The summed E-state index contributed by atoms with van der Waals surface area (Å²) in [5.74, 6) is -2.33. The average molecular weight is 217 g/mol. The van der Waals surface area contributed by atoms with E-state index in [0.29, 0.717) is 0 Å². The lowest BCUT2D eigenvalue weighted by atomic mass is 9.79. The predicted molar refractivity (Wildman–Crippen MR) is 50.2 cm³/mol. The van der Waals surface area contributed by atoms with Crippen LogP contribution < -0.4 is 0 Å². The second kappa shape index (κ2) is 3.46. The van der Waals surface area contributed by atoms with Crippen LogP contribution in [0.5, 0.6) is 0 Å². The fourth-order valence-electron chi connectivity index (χ4n) is 1.20. The van der Waals surface area contributed by atoms with Gasteiger partial charge in [-0.05, 0) is 6.92 Å². The van der Waals surface area contributed by atoms with Crippen LogP contribution in [0, 0.1) is 5.41 Å². The molecule has 5 heteroatoms. The molecule has 0 aromatic carbocycles. The van der Waals surface area contributed by atoms with Crippen molar-refractivity contribution in [3.8, 4) is 0 Å². The molecule has 0 spiro atoms. The summed E-state index contributed by atoms with van der Waals surface area (Å²) in [5, 5.41) is 16.6. The predicted octanol–water partition coefficient (Wildman–Crippen LogP) is 1.27.